The van der Waals surface area contributed by atoms with Gasteiger partial charge in [-0.25, -0.2) is 9.59 Å². The summed E-state index contributed by atoms with van der Waals surface area (Å²) in [6.07, 6.45) is 1.53. The van der Waals surface area contributed by atoms with E-state index in [1.165, 1.54) is 0 Å². The van der Waals surface area contributed by atoms with E-state index in [1.807, 2.05) is 31.7 Å². The Hall–Kier alpha value is -1.49. The Bertz CT molecular complexity index is 1200. The van der Waals surface area contributed by atoms with E-state index in [9.17, 15) is 9.59 Å². The van der Waals surface area contributed by atoms with Crippen molar-refractivity contribution in [1.82, 2.24) is 14.5 Å². The van der Waals surface area contributed by atoms with Gasteiger partial charge in [-0.3, -0.25) is 9.47 Å². The van der Waals surface area contributed by atoms with Crippen LogP contribution in [0, 0.1) is 0 Å². The van der Waals surface area contributed by atoms with Crippen LogP contribution in [0.1, 0.15) is 39.7 Å². The van der Waals surface area contributed by atoms with Crippen molar-refractivity contribution >= 4 is 62.1 Å². The standard InChI is InChI=1S/C23H28BrClN4O4S/c1-23(2,3)33-22(31)28-12-5-6-13(28)9-27(8-12)20-15-7-16(25)17(24)19-18(15)29(21(30)26-20)14(10-32-4)11-34-19/h7,12-14H,5-6,8-11H2,1-4H3/t12?,13?,14-/m0/s1. The van der Waals surface area contributed by atoms with Crippen LogP contribution in [-0.4, -0.2) is 70.8 Å². The number of anilines is 1. The molecule has 0 spiro atoms. The molecular weight excluding hydrogens is 544 g/mol. The van der Waals surface area contributed by atoms with Crippen LogP contribution in [0.4, 0.5) is 10.6 Å². The van der Waals surface area contributed by atoms with Crippen LogP contribution in [0.3, 0.4) is 0 Å². The topological polar surface area (TPSA) is 76.9 Å². The van der Waals surface area contributed by atoms with Crippen molar-refractivity contribution in [3.8, 4) is 0 Å². The van der Waals surface area contributed by atoms with Crippen molar-refractivity contribution in [2.24, 2.45) is 0 Å². The largest absolute Gasteiger partial charge is 0.444 e. The maximum atomic E-state index is 13.3. The first-order chi connectivity index (χ1) is 16.1. The lowest BCUT2D eigenvalue weighted by molar-refractivity contribution is 0.0123. The third kappa shape index (κ3) is 4.10. The van der Waals surface area contributed by atoms with Gasteiger partial charge in [0.15, 0.2) is 0 Å². The lowest BCUT2D eigenvalue weighted by Gasteiger charge is -2.42. The summed E-state index contributed by atoms with van der Waals surface area (Å²) in [5, 5.41) is 1.44. The van der Waals surface area contributed by atoms with Crippen LogP contribution in [0.25, 0.3) is 10.9 Å². The summed E-state index contributed by atoms with van der Waals surface area (Å²) in [5.74, 6) is 1.33. The minimum absolute atomic E-state index is 0.0155. The number of carbonyl (C=O) groups is 1. The number of rotatable bonds is 3. The predicted octanol–water partition coefficient (Wildman–Crippen LogP) is 4.69. The first-order valence-corrected chi connectivity index (χ1v) is 13.6. The molecule has 2 unspecified atom stereocenters. The third-order valence-corrected chi connectivity index (χ3v) is 9.42. The van der Waals surface area contributed by atoms with Crippen molar-refractivity contribution < 1.29 is 14.3 Å². The van der Waals surface area contributed by atoms with Crippen molar-refractivity contribution in [2.75, 3.05) is 37.5 Å². The molecular formula is C23H28BrClN4O4S. The van der Waals surface area contributed by atoms with Crippen LogP contribution in [0.2, 0.25) is 5.02 Å². The van der Waals surface area contributed by atoms with Crippen molar-refractivity contribution in [3.05, 3.63) is 26.0 Å². The lowest BCUT2D eigenvalue weighted by atomic mass is 10.1. The highest BCUT2D eigenvalue weighted by atomic mass is 79.9. The zero-order valence-corrected chi connectivity index (χ0v) is 22.8. The van der Waals surface area contributed by atoms with Crippen LogP contribution in [0.5, 0.6) is 0 Å². The molecule has 184 valence electrons. The van der Waals surface area contributed by atoms with Gasteiger partial charge < -0.3 is 14.4 Å². The summed E-state index contributed by atoms with van der Waals surface area (Å²) >= 11 is 11.9. The van der Waals surface area contributed by atoms with E-state index >= 15 is 0 Å². The molecule has 4 heterocycles. The van der Waals surface area contributed by atoms with Gasteiger partial charge in [0, 0.05) is 36.2 Å². The average molecular weight is 572 g/mol. The molecule has 0 radical (unpaired) electrons. The van der Waals surface area contributed by atoms with Crippen molar-refractivity contribution in [1.29, 1.82) is 0 Å². The Kier molecular flexibility index (Phi) is 6.32. The number of fused-ring (bicyclic) bond motifs is 2. The highest BCUT2D eigenvalue weighted by molar-refractivity contribution is 9.10. The number of hydrogen-bond donors (Lipinski definition) is 0. The Morgan fingerprint density at radius 3 is 2.59 bits per heavy atom. The second-order valence-corrected chi connectivity index (χ2v) is 12.3. The molecule has 2 fully saturated rings. The Balaban J connectivity index is 1.56. The summed E-state index contributed by atoms with van der Waals surface area (Å²) < 4.78 is 13.6. The normalized spacial score (nSPS) is 24.1. The van der Waals surface area contributed by atoms with Crippen molar-refractivity contribution in [2.45, 2.75) is 62.2 Å². The molecule has 5 rings (SSSR count). The number of thioether (sulfide) groups is 1. The number of benzene rings is 1. The molecule has 2 saturated heterocycles. The second kappa shape index (κ2) is 8.87. The van der Waals surface area contributed by atoms with Gasteiger partial charge in [0.1, 0.15) is 11.4 Å². The van der Waals surface area contributed by atoms with E-state index in [0.717, 1.165) is 33.1 Å². The van der Waals surface area contributed by atoms with E-state index in [2.05, 4.69) is 25.8 Å². The molecule has 11 heteroatoms. The third-order valence-electron chi connectivity index (χ3n) is 6.57. The molecule has 2 aromatic rings. The van der Waals surface area contributed by atoms with Gasteiger partial charge in [0.25, 0.3) is 0 Å². The minimum atomic E-state index is -0.541. The van der Waals surface area contributed by atoms with Crippen LogP contribution in [-0.2, 0) is 9.47 Å². The SMILES string of the molecule is COC[C@H]1CSc2c(Br)c(Cl)cc3c(N4CC5CCC(C4)N5C(=O)OC(C)(C)C)nc(=O)n1c23. The second-order valence-electron chi connectivity index (χ2n) is 10.1. The number of piperazine rings is 1. The molecule has 2 bridgehead atoms. The summed E-state index contributed by atoms with van der Waals surface area (Å²) in [6, 6.07) is 1.82. The summed E-state index contributed by atoms with van der Waals surface area (Å²) in [4.78, 5) is 35.7. The maximum Gasteiger partial charge on any atom is 0.410 e. The molecule has 3 aliphatic heterocycles. The number of aromatic nitrogens is 2. The number of ether oxygens (including phenoxy) is 2. The summed E-state index contributed by atoms with van der Waals surface area (Å²) in [6.45, 7) is 7.27. The zero-order valence-electron chi connectivity index (χ0n) is 19.6. The van der Waals surface area contributed by atoms with Crippen LogP contribution < -0.4 is 10.6 Å². The lowest BCUT2D eigenvalue weighted by Crippen LogP contribution is -2.57. The molecule has 1 aromatic heterocycles. The number of halogens is 2. The van der Waals surface area contributed by atoms with Gasteiger partial charge in [-0.05, 0) is 55.6 Å². The first-order valence-electron chi connectivity index (χ1n) is 11.4. The fourth-order valence-corrected chi connectivity index (χ4v) is 7.36. The number of hydrogen-bond acceptors (Lipinski definition) is 7. The molecule has 0 aliphatic carbocycles. The fourth-order valence-electron chi connectivity index (χ4n) is 5.27. The quantitative estimate of drug-likeness (QED) is 0.529. The molecule has 1 amide bonds. The molecule has 3 atom stereocenters. The van der Waals surface area contributed by atoms with E-state index in [1.54, 1.807) is 23.4 Å². The Morgan fingerprint density at radius 2 is 1.97 bits per heavy atom. The highest BCUT2D eigenvalue weighted by Crippen LogP contribution is 2.46. The van der Waals surface area contributed by atoms with Crippen molar-refractivity contribution in [3.63, 3.8) is 0 Å². The fraction of sp³-hybridized carbons (Fsp3) is 0.609. The number of amides is 1. The van der Waals surface area contributed by atoms with Gasteiger partial charge >= 0.3 is 11.8 Å². The monoisotopic (exact) mass is 570 g/mol. The van der Waals surface area contributed by atoms with Crippen LogP contribution >= 0.6 is 39.3 Å². The maximum absolute atomic E-state index is 13.3. The van der Waals surface area contributed by atoms with E-state index in [0.29, 0.717) is 36.3 Å². The van der Waals surface area contributed by atoms with Gasteiger partial charge in [0.2, 0.25) is 0 Å². The number of nitrogens with zero attached hydrogens (tertiary/aromatic N) is 4. The Morgan fingerprint density at radius 1 is 1.29 bits per heavy atom. The van der Waals surface area contributed by atoms with E-state index in [4.69, 9.17) is 21.1 Å². The number of methoxy groups -OCH3 is 1. The first kappa shape index (κ1) is 24.2. The van der Waals surface area contributed by atoms with Gasteiger partial charge in [-0.2, -0.15) is 4.98 Å². The summed E-state index contributed by atoms with van der Waals surface area (Å²) in [7, 11) is 1.64. The highest BCUT2D eigenvalue weighted by Gasteiger charge is 2.45. The molecule has 0 saturated carbocycles. The van der Waals surface area contributed by atoms with Gasteiger partial charge in [-0.1, -0.05) is 11.6 Å². The molecule has 0 N–H and O–H groups in total. The van der Waals surface area contributed by atoms with Gasteiger partial charge in [0.05, 0.1) is 39.7 Å². The molecule has 1 aromatic carbocycles. The Labute approximate surface area is 216 Å². The molecule has 3 aliphatic rings. The molecule has 34 heavy (non-hydrogen) atoms. The average Bonchev–Trinajstić information content (AvgIpc) is 3.03. The zero-order chi connectivity index (χ0) is 24.4. The summed E-state index contributed by atoms with van der Waals surface area (Å²) in [5.41, 5.74) is 0.00872. The molecule has 8 nitrogen and oxygen atoms in total. The van der Waals surface area contributed by atoms with E-state index < -0.39 is 5.60 Å². The van der Waals surface area contributed by atoms with Crippen LogP contribution in [0.15, 0.2) is 20.2 Å². The minimum Gasteiger partial charge on any atom is -0.444 e. The van der Waals surface area contributed by atoms with Gasteiger partial charge in [-0.15, -0.1) is 11.8 Å². The van der Waals surface area contributed by atoms with E-state index in [-0.39, 0.29) is 29.9 Å². The number of carbonyl (C=O) groups excluding carboxylic acids is 1. The predicted molar refractivity (Wildman–Crippen MR) is 137 cm³/mol. The smallest absolute Gasteiger partial charge is 0.410 e.